The van der Waals surface area contributed by atoms with Gasteiger partial charge in [0.25, 0.3) is 0 Å². The van der Waals surface area contributed by atoms with Crippen LogP contribution in [-0.4, -0.2) is 6.61 Å². The topological polar surface area (TPSA) is 9.23 Å². The Hall–Kier alpha value is -2.25. The molecule has 4 aromatic carbocycles. The van der Waals surface area contributed by atoms with E-state index in [9.17, 15) is 0 Å². The average molecular weight is 562 g/mol. The Bertz CT molecular complexity index is 1010. The van der Waals surface area contributed by atoms with E-state index < -0.39 is 7.26 Å². The van der Waals surface area contributed by atoms with Crippen LogP contribution in [0.2, 0.25) is 0 Å². The van der Waals surface area contributed by atoms with Crippen LogP contribution in [0.4, 0.5) is 0 Å². The maximum atomic E-state index is 7.01. The molecule has 0 amide bonds. The second-order valence-electron chi connectivity index (χ2n) is 9.13. The highest BCUT2D eigenvalue weighted by Crippen LogP contribution is 2.67. The zero-order valence-electron chi connectivity index (χ0n) is 21.3. The summed E-state index contributed by atoms with van der Waals surface area (Å²) in [6, 6.07) is 44.1. The molecule has 4 aromatic rings. The molecule has 0 aliphatic heterocycles. The lowest BCUT2D eigenvalue weighted by Crippen LogP contribution is -3.00. The van der Waals surface area contributed by atoms with Gasteiger partial charge in [0, 0.05) is 5.56 Å². The number of ether oxygens (including phenoxy) is 1. The molecule has 188 valence electrons. The van der Waals surface area contributed by atoms with Gasteiger partial charge in [-0.05, 0) is 42.8 Å². The van der Waals surface area contributed by atoms with Crippen LogP contribution in [0.25, 0.3) is 0 Å². The van der Waals surface area contributed by atoms with Gasteiger partial charge in [0.1, 0.15) is 23.2 Å². The van der Waals surface area contributed by atoms with Crippen molar-refractivity contribution >= 4 is 23.2 Å². The summed E-state index contributed by atoms with van der Waals surface area (Å²) in [5.41, 5.74) is 1.25. The molecule has 0 saturated heterocycles. The van der Waals surface area contributed by atoms with Crippen molar-refractivity contribution in [2.75, 3.05) is 6.61 Å². The van der Waals surface area contributed by atoms with Gasteiger partial charge in [0.2, 0.25) is 5.85 Å². The molecule has 0 N–H and O–H groups in total. The first kappa shape index (κ1) is 28.3. The van der Waals surface area contributed by atoms with Gasteiger partial charge >= 0.3 is 0 Å². The molecule has 0 fully saturated rings. The third-order valence-electron chi connectivity index (χ3n) is 6.70. The Morgan fingerprint density at radius 2 is 0.917 bits per heavy atom. The molecule has 0 radical (unpaired) electrons. The van der Waals surface area contributed by atoms with E-state index in [0.29, 0.717) is 0 Å². The van der Waals surface area contributed by atoms with E-state index in [4.69, 9.17) is 4.74 Å². The summed E-state index contributed by atoms with van der Waals surface area (Å²) in [5.74, 6) is -0.0495. The van der Waals surface area contributed by atoms with Gasteiger partial charge in [0.05, 0.1) is 6.61 Å². The Morgan fingerprint density at radius 3 is 1.36 bits per heavy atom. The highest BCUT2D eigenvalue weighted by molar-refractivity contribution is 7.95. The molecule has 1 nitrogen and oxygen atoms in total. The van der Waals surface area contributed by atoms with Crippen LogP contribution < -0.4 is 32.9 Å². The van der Waals surface area contributed by atoms with Crippen LogP contribution in [-0.2, 0) is 4.74 Å². The maximum absolute atomic E-state index is 7.01. The van der Waals surface area contributed by atoms with Crippen LogP contribution in [0.5, 0.6) is 0 Å². The summed E-state index contributed by atoms with van der Waals surface area (Å²) >= 11 is 0. The van der Waals surface area contributed by atoms with Crippen molar-refractivity contribution in [3.8, 4) is 0 Å². The maximum Gasteiger partial charge on any atom is 0.206 e. The zero-order chi connectivity index (χ0) is 24.2. The van der Waals surface area contributed by atoms with Gasteiger partial charge in [-0.15, -0.1) is 0 Å². The van der Waals surface area contributed by atoms with Gasteiger partial charge in [-0.3, -0.25) is 0 Å². The molecule has 36 heavy (non-hydrogen) atoms. The van der Waals surface area contributed by atoms with Gasteiger partial charge in [-0.2, -0.15) is 0 Å². The van der Waals surface area contributed by atoms with Crippen molar-refractivity contribution in [3.63, 3.8) is 0 Å². The van der Waals surface area contributed by atoms with E-state index in [-0.39, 0.29) is 22.8 Å². The lowest BCUT2D eigenvalue weighted by molar-refractivity contribution is -0.00000766. The molecular weight excluding hydrogens is 523 g/mol. The molecule has 0 saturated carbocycles. The first-order valence-electron chi connectivity index (χ1n) is 13.1. The van der Waals surface area contributed by atoms with E-state index in [1.165, 1.54) is 53.6 Å². The molecule has 0 aromatic heterocycles. The van der Waals surface area contributed by atoms with E-state index in [1.807, 2.05) is 0 Å². The lowest BCUT2D eigenvalue weighted by Gasteiger charge is -2.34. The quantitative estimate of drug-likeness (QED) is 0.164. The summed E-state index contributed by atoms with van der Waals surface area (Å²) in [5, 5.41) is 4.07. The van der Waals surface area contributed by atoms with E-state index in [2.05, 4.69) is 128 Å². The van der Waals surface area contributed by atoms with Crippen LogP contribution in [0.15, 0.2) is 121 Å². The van der Waals surface area contributed by atoms with Crippen molar-refractivity contribution in [1.82, 2.24) is 0 Å². The fraction of sp³-hybridized carbons (Fsp3) is 0.273. The number of unbranched alkanes of at least 4 members (excludes halogenated alkanes) is 5. The molecule has 1 atom stereocenters. The summed E-state index contributed by atoms with van der Waals surface area (Å²) in [6.07, 6.45) is 7.57. The Morgan fingerprint density at radius 1 is 0.528 bits per heavy atom. The van der Waals surface area contributed by atoms with Crippen molar-refractivity contribution in [3.05, 3.63) is 127 Å². The number of hydrogen-bond acceptors (Lipinski definition) is 1. The van der Waals surface area contributed by atoms with Crippen molar-refractivity contribution in [1.29, 1.82) is 0 Å². The van der Waals surface area contributed by atoms with Crippen LogP contribution in [0.1, 0.15) is 56.9 Å². The van der Waals surface area contributed by atoms with Gasteiger partial charge in [0.15, 0.2) is 0 Å². The number of rotatable bonds is 13. The third kappa shape index (κ3) is 6.74. The summed E-state index contributed by atoms with van der Waals surface area (Å²) in [6.45, 7) is 3.05. The fourth-order valence-electron chi connectivity index (χ4n) is 4.97. The zero-order valence-corrected chi connectivity index (χ0v) is 23.8. The van der Waals surface area contributed by atoms with E-state index in [0.717, 1.165) is 13.0 Å². The fourth-order valence-corrected chi connectivity index (χ4v) is 9.55. The first-order valence-corrected chi connectivity index (χ1v) is 14.9. The van der Waals surface area contributed by atoms with Crippen molar-refractivity contribution < 1.29 is 21.7 Å². The predicted molar refractivity (Wildman–Crippen MR) is 154 cm³/mol. The van der Waals surface area contributed by atoms with Gasteiger partial charge in [-0.1, -0.05) is 124 Å². The Balaban J connectivity index is 0.00000361. The van der Waals surface area contributed by atoms with Gasteiger partial charge in [-0.25, -0.2) is 0 Å². The molecule has 1 unspecified atom stereocenters. The third-order valence-corrected chi connectivity index (χ3v) is 11.2. The monoisotopic (exact) mass is 560 g/mol. The molecular formula is C33H38BrOP. The highest BCUT2D eigenvalue weighted by Gasteiger charge is 2.54. The standard InChI is InChI=1S/C33H38OP.BrH/c1-2-3-4-5-6-19-28-34-33(29-20-11-7-12-21-29)35(30-22-13-8-14-23-30,31-24-15-9-16-25-31)32-26-17-10-18-27-32;/h7-18,20-27,33H,2-6,19,28H2,1H3;1H/q+1;/p-1. The minimum atomic E-state index is -2.17. The second-order valence-corrected chi connectivity index (χ2v) is 12.6. The number of hydrogen-bond donors (Lipinski definition) is 0. The molecule has 0 aliphatic carbocycles. The van der Waals surface area contributed by atoms with E-state index >= 15 is 0 Å². The molecule has 0 spiro atoms. The molecule has 3 heteroatoms. The van der Waals surface area contributed by atoms with Crippen molar-refractivity contribution in [2.24, 2.45) is 0 Å². The lowest BCUT2D eigenvalue weighted by atomic mass is 10.1. The Kier molecular flexibility index (Phi) is 11.9. The molecule has 0 bridgehead atoms. The predicted octanol–water partition coefficient (Wildman–Crippen LogP) is 5.06. The number of benzene rings is 4. The minimum Gasteiger partial charge on any atom is -1.00 e. The SMILES string of the molecule is CCCCCCCCOC(c1ccccc1)[P+](c1ccccc1)(c1ccccc1)c1ccccc1.[Br-]. The number of halogens is 1. The average Bonchev–Trinajstić information content (AvgIpc) is 2.94. The van der Waals surface area contributed by atoms with Crippen LogP contribution in [0.3, 0.4) is 0 Å². The van der Waals surface area contributed by atoms with Gasteiger partial charge < -0.3 is 21.7 Å². The van der Waals surface area contributed by atoms with Crippen LogP contribution >= 0.6 is 7.26 Å². The Labute approximate surface area is 229 Å². The van der Waals surface area contributed by atoms with Crippen LogP contribution in [0, 0.1) is 0 Å². The normalized spacial score (nSPS) is 12.0. The molecule has 0 aliphatic rings. The van der Waals surface area contributed by atoms with E-state index in [1.54, 1.807) is 0 Å². The molecule has 4 rings (SSSR count). The molecule has 0 heterocycles. The highest BCUT2D eigenvalue weighted by atomic mass is 79.9. The first-order chi connectivity index (χ1) is 17.4. The minimum absolute atomic E-state index is 0. The smallest absolute Gasteiger partial charge is 0.206 e. The second kappa shape index (κ2) is 15.1. The summed E-state index contributed by atoms with van der Waals surface area (Å²) in [7, 11) is -2.17. The largest absolute Gasteiger partial charge is 1.00 e. The van der Waals surface area contributed by atoms with Crippen molar-refractivity contribution in [2.45, 2.75) is 51.3 Å². The summed E-state index contributed by atoms with van der Waals surface area (Å²) in [4.78, 5) is 0. The summed E-state index contributed by atoms with van der Waals surface area (Å²) < 4.78 is 7.01.